The van der Waals surface area contributed by atoms with E-state index in [0.29, 0.717) is 25.8 Å². The molecular formula is C19H31N3O5. The fourth-order valence-electron chi connectivity index (χ4n) is 4.96. The minimum Gasteiger partial charge on any atom is -0.396 e. The second kappa shape index (κ2) is 7.75. The molecule has 0 aromatic heterocycles. The van der Waals surface area contributed by atoms with E-state index in [2.05, 4.69) is 10.6 Å². The standard InChI is InChI=1S/C19H31N3O5/c1-4-8-20-16(24)13-12-6-7-19(27-12)14(13)18(26)22(9-5-10-23)15(19)17(25)21-11(2)3/h11-15,23H,4-10H2,1-3H3,(H,20,24)(H,21,25)/t12-,13+,14+,15?,19?/m1/s1. The zero-order valence-corrected chi connectivity index (χ0v) is 16.4. The summed E-state index contributed by atoms with van der Waals surface area (Å²) in [6.07, 6.45) is 2.15. The molecule has 3 saturated heterocycles. The molecule has 3 N–H and O–H groups in total. The molecule has 0 aromatic rings. The quantitative estimate of drug-likeness (QED) is 0.539. The van der Waals surface area contributed by atoms with E-state index in [9.17, 15) is 19.5 Å². The normalized spacial score (nSPS) is 34.3. The van der Waals surface area contributed by atoms with Gasteiger partial charge >= 0.3 is 0 Å². The molecule has 152 valence electrons. The van der Waals surface area contributed by atoms with Crippen LogP contribution in [0.5, 0.6) is 0 Å². The number of hydrogen-bond donors (Lipinski definition) is 3. The highest BCUT2D eigenvalue weighted by molar-refractivity contribution is 5.98. The Kier molecular flexibility index (Phi) is 5.76. The first kappa shape index (κ1) is 20.1. The Hall–Kier alpha value is -1.67. The highest BCUT2D eigenvalue weighted by Gasteiger charge is 2.74. The summed E-state index contributed by atoms with van der Waals surface area (Å²) in [7, 11) is 0. The number of ether oxygens (including phenoxy) is 1. The number of nitrogens with one attached hydrogen (secondary N) is 2. The second-order valence-corrected chi connectivity index (χ2v) is 8.12. The van der Waals surface area contributed by atoms with Crippen LogP contribution in [0.2, 0.25) is 0 Å². The third-order valence-electron chi connectivity index (χ3n) is 5.89. The third kappa shape index (κ3) is 3.23. The van der Waals surface area contributed by atoms with Crippen LogP contribution in [0.15, 0.2) is 0 Å². The van der Waals surface area contributed by atoms with E-state index in [0.717, 1.165) is 6.42 Å². The lowest BCUT2D eigenvalue weighted by Crippen LogP contribution is -2.56. The number of rotatable bonds is 8. The maximum absolute atomic E-state index is 13.3. The minimum absolute atomic E-state index is 0.0648. The van der Waals surface area contributed by atoms with Crippen LogP contribution >= 0.6 is 0 Å². The van der Waals surface area contributed by atoms with Gasteiger partial charge in [-0.3, -0.25) is 14.4 Å². The molecule has 3 fully saturated rings. The summed E-state index contributed by atoms with van der Waals surface area (Å²) in [5.74, 6) is -1.78. The van der Waals surface area contributed by atoms with Gasteiger partial charge in [0, 0.05) is 25.7 Å². The van der Waals surface area contributed by atoms with Crippen molar-refractivity contribution < 1.29 is 24.2 Å². The van der Waals surface area contributed by atoms with Gasteiger partial charge in [-0.15, -0.1) is 0 Å². The number of fused-ring (bicyclic) bond motifs is 1. The van der Waals surface area contributed by atoms with Gasteiger partial charge in [-0.05, 0) is 39.5 Å². The van der Waals surface area contributed by atoms with Crippen molar-refractivity contribution in [3.63, 3.8) is 0 Å². The van der Waals surface area contributed by atoms with Gasteiger partial charge < -0.3 is 25.4 Å². The van der Waals surface area contributed by atoms with Crippen LogP contribution in [-0.4, -0.2) is 71.2 Å². The Morgan fingerprint density at radius 1 is 1.37 bits per heavy atom. The predicted molar refractivity (Wildman–Crippen MR) is 97.6 cm³/mol. The van der Waals surface area contributed by atoms with E-state index >= 15 is 0 Å². The molecule has 0 aliphatic carbocycles. The van der Waals surface area contributed by atoms with Crippen molar-refractivity contribution in [2.75, 3.05) is 19.7 Å². The fourth-order valence-corrected chi connectivity index (χ4v) is 4.96. The Labute approximate surface area is 160 Å². The van der Waals surface area contributed by atoms with E-state index in [1.807, 2.05) is 20.8 Å². The number of amides is 3. The van der Waals surface area contributed by atoms with Crippen LogP contribution in [0.3, 0.4) is 0 Å². The van der Waals surface area contributed by atoms with Crippen LogP contribution in [0.4, 0.5) is 0 Å². The molecule has 3 rings (SSSR count). The van der Waals surface area contributed by atoms with Crippen molar-refractivity contribution in [3.05, 3.63) is 0 Å². The van der Waals surface area contributed by atoms with Crippen LogP contribution in [0.25, 0.3) is 0 Å². The number of carbonyl (C=O) groups excluding carboxylic acids is 3. The molecule has 8 nitrogen and oxygen atoms in total. The van der Waals surface area contributed by atoms with E-state index in [1.165, 1.54) is 4.90 Å². The molecule has 3 aliphatic rings. The van der Waals surface area contributed by atoms with Crippen LogP contribution in [0, 0.1) is 11.8 Å². The van der Waals surface area contributed by atoms with E-state index in [-0.39, 0.29) is 43.0 Å². The number of carbonyl (C=O) groups is 3. The number of likely N-dealkylation sites (tertiary alicyclic amines) is 1. The van der Waals surface area contributed by atoms with Crippen LogP contribution in [0.1, 0.15) is 46.5 Å². The summed E-state index contributed by atoms with van der Waals surface area (Å²) < 4.78 is 6.25. The zero-order chi connectivity index (χ0) is 19.8. The first-order valence-corrected chi connectivity index (χ1v) is 10.0. The molecule has 1 spiro atoms. The monoisotopic (exact) mass is 381 g/mol. The van der Waals surface area contributed by atoms with Gasteiger partial charge in [0.05, 0.1) is 17.9 Å². The lowest BCUT2D eigenvalue weighted by atomic mass is 9.70. The fraction of sp³-hybridized carbons (Fsp3) is 0.842. The summed E-state index contributed by atoms with van der Waals surface area (Å²) in [6.45, 7) is 6.49. The molecular weight excluding hydrogens is 350 g/mol. The summed E-state index contributed by atoms with van der Waals surface area (Å²) in [5, 5.41) is 15.0. The van der Waals surface area contributed by atoms with E-state index in [4.69, 9.17) is 4.74 Å². The van der Waals surface area contributed by atoms with Gasteiger partial charge in [0.1, 0.15) is 11.6 Å². The lowest BCUT2D eigenvalue weighted by molar-refractivity contribution is -0.142. The van der Waals surface area contributed by atoms with Gasteiger partial charge in [-0.2, -0.15) is 0 Å². The Morgan fingerprint density at radius 2 is 2.11 bits per heavy atom. The Balaban J connectivity index is 1.93. The largest absolute Gasteiger partial charge is 0.396 e. The van der Waals surface area contributed by atoms with E-state index < -0.39 is 23.5 Å². The molecule has 8 heteroatoms. The summed E-state index contributed by atoms with van der Waals surface area (Å²) in [6, 6.07) is -0.817. The molecule has 3 heterocycles. The first-order valence-electron chi connectivity index (χ1n) is 10.0. The summed E-state index contributed by atoms with van der Waals surface area (Å²) in [5.41, 5.74) is -0.940. The molecule has 2 unspecified atom stereocenters. The molecule has 0 radical (unpaired) electrons. The van der Waals surface area contributed by atoms with Crippen molar-refractivity contribution in [3.8, 4) is 0 Å². The highest BCUT2D eigenvalue weighted by Crippen LogP contribution is 2.58. The average Bonchev–Trinajstić information content (AvgIpc) is 3.24. The first-order chi connectivity index (χ1) is 12.9. The van der Waals surface area contributed by atoms with Gasteiger partial charge in [-0.25, -0.2) is 0 Å². The topological polar surface area (TPSA) is 108 Å². The van der Waals surface area contributed by atoms with Crippen molar-refractivity contribution in [2.24, 2.45) is 11.8 Å². The number of hydrogen-bond acceptors (Lipinski definition) is 5. The Bertz CT molecular complexity index is 610. The summed E-state index contributed by atoms with van der Waals surface area (Å²) >= 11 is 0. The van der Waals surface area contributed by atoms with Gasteiger partial charge in [-0.1, -0.05) is 6.92 Å². The molecule has 27 heavy (non-hydrogen) atoms. The van der Waals surface area contributed by atoms with Crippen molar-refractivity contribution in [1.29, 1.82) is 0 Å². The van der Waals surface area contributed by atoms with Gasteiger partial charge in [0.25, 0.3) is 0 Å². The molecule has 5 atom stereocenters. The SMILES string of the molecule is CCCNC(=O)[C@@H]1[C@H]2C(=O)N(CCCO)C(C(=O)NC(C)C)C23CC[C@H]1O3. The zero-order valence-electron chi connectivity index (χ0n) is 16.4. The van der Waals surface area contributed by atoms with Crippen LogP contribution < -0.4 is 10.6 Å². The molecule has 0 aromatic carbocycles. The molecule has 3 amide bonds. The molecule has 0 saturated carbocycles. The highest BCUT2D eigenvalue weighted by atomic mass is 16.5. The van der Waals surface area contributed by atoms with Crippen molar-refractivity contribution in [2.45, 2.75) is 70.2 Å². The number of aliphatic hydroxyl groups is 1. The molecule has 2 bridgehead atoms. The molecule has 3 aliphatic heterocycles. The van der Waals surface area contributed by atoms with Crippen LogP contribution in [-0.2, 0) is 19.1 Å². The average molecular weight is 381 g/mol. The Morgan fingerprint density at radius 3 is 2.74 bits per heavy atom. The summed E-state index contributed by atoms with van der Waals surface area (Å²) in [4.78, 5) is 40.6. The third-order valence-corrected chi connectivity index (χ3v) is 5.89. The van der Waals surface area contributed by atoms with Gasteiger partial charge in [0.2, 0.25) is 17.7 Å². The van der Waals surface area contributed by atoms with Crippen molar-refractivity contribution in [1.82, 2.24) is 15.5 Å². The maximum atomic E-state index is 13.3. The maximum Gasteiger partial charge on any atom is 0.246 e. The minimum atomic E-state index is -0.940. The van der Waals surface area contributed by atoms with Crippen molar-refractivity contribution >= 4 is 17.7 Å². The van der Waals surface area contributed by atoms with Gasteiger partial charge in [0.15, 0.2) is 0 Å². The number of nitrogens with zero attached hydrogens (tertiary/aromatic N) is 1. The lowest BCUT2D eigenvalue weighted by Gasteiger charge is -2.33. The smallest absolute Gasteiger partial charge is 0.246 e. The second-order valence-electron chi connectivity index (χ2n) is 8.12. The number of aliphatic hydroxyl groups excluding tert-OH is 1. The predicted octanol–water partition coefficient (Wildman–Crippen LogP) is -0.206. The van der Waals surface area contributed by atoms with E-state index in [1.54, 1.807) is 0 Å².